The lowest BCUT2D eigenvalue weighted by Gasteiger charge is -2.57. The summed E-state index contributed by atoms with van der Waals surface area (Å²) in [5.74, 6) is 3.17. The molecule has 4 saturated carbocycles. The quantitative estimate of drug-likeness (QED) is 0.646. The molecule has 4 fully saturated rings. The van der Waals surface area contributed by atoms with E-state index in [9.17, 15) is 4.79 Å². The molecule has 4 bridgehead atoms. The van der Waals surface area contributed by atoms with Crippen LogP contribution >= 0.6 is 0 Å². The first-order valence-electron chi connectivity index (χ1n) is 11.0. The Labute approximate surface area is 170 Å². The zero-order valence-corrected chi connectivity index (χ0v) is 16.8. The molecule has 1 aromatic heterocycles. The normalized spacial score (nSPS) is 31.3. The third-order valence-electron chi connectivity index (χ3n) is 7.46. The Kier molecular flexibility index (Phi) is 3.75. The van der Waals surface area contributed by atoms with E-state index in [1.807, 2.05) is 49.4 Å². The predicted molar refractivity (Wildman–Crippen MR) is 113 cm³/mol. The highest BCUT2D eigenvalue weighted by Gasteiger charge is 2.51. The monoisotopic (exact) mass is 389 g/mol. The van der Waals surface area contributed by atoms with E-state index in [2.05, 4.69) is 5.32 Å². The third kappa shape index (κ3) is 2.92. The van der Waals surface area contributed by atoms with Crippen LogP contribution in [-0.4, -0.2) is 17.6 Å². The highest BCUT2D eigenvalue weighted by Crippen LogP contribution is 2.55. The molecule has 4 aliphatic carbocycles. The van der Waals surface area contributed by atoms with Crippen LogP contribution in [-0.2, 0) is 4.79 Å². The van der Waals surface area contributed by atoms with Crippen LogP contribution in [0.4, 0.5) is 0 Å². The van der Waals surface area contributed by atoms with Gasteiger partial charge in [-0.05, 0) is 87.5 Å². The number of carbonyl (C=O) groups is 1. The molecule has 3 aromatic rings. The summed E-state index contributed by atoms with van der Waals surface area (Å²) in [6.45, 7) is 1.85. The summed E-state index contributed by atoms with van der Waals surface area (Å²) >= 11 is 0. The van der Waals surface area contributed by atoms with Gasteiger partial charge in [0.05, 0.1) is 0 Å². The van der Waals surface area contributed by atoms with E-state index in [4.69, 9.17) is 9.15 Å². The Bertz CT molecular complexity index is 1060. The lowest BCUT2D eigenvalue weighted by Crippen LogP contribution is -2.61. The van der Waals surface area contributed by atoms with Gasteiger partial charge in [0.1, 0.15) is 16.9 Å². The summed E-state index contributed by atoms with van der Waals surface area (Å²) in [7, 11) is 0. The molecule has 4 aliphatic rings. The fourth-order valence-corrected chi connectivity index (χ4v) is 6.66. The van der Waals surface area contributed by atoms with Crippen LogP contribution in [0.5, 0.6) is 5.75 Å². The lowest BCUT2D eigenvalue weighted by atomic mass is 9.53. The van der Waals surface area contributed by atoms with Gasteiger partial charge in [-0.1, -0.05) is 18.2 Å². The molecular weight excluding hydrogens is 362 g/mol. The highest BCUT2D eigenvalue weighted by atomic mass is 16.5. The molecule has 29 heavy (non-hydrogen) atoms. The number of hydrogen-bond donors (Lipinski definition) is 1. The molecule has 0 saturated heterocycles. The van der Waals surface area contributed by atoms with Crippen molar-refractivity contribution >= 4 is 27.8 Å². The number of para-hydroxylation sites is 1. The standard InChI is InChI=1S/C25H27NO3/c1-15(24(27)26-25-12-16-8-17(13-25)10-18(9-16)14-25)28-19-6-7-23-21(11-19)20-4-2-3-5-22(20)29-23/h2-7,11,15-18H,8-10,12-14H2,1H3,(H,26,27)/t15-,16?,17?,18?,25?/m1/s1. The average molecular weight is 389 g/mol. The molecule has 1 heterocycles. The molecule has 1 amide bonds. The predicted octanol–water partition coefficient (Wildman–Crippen LogP) is 5.44. The van der Waals surface area contributed by atoms with E-state index in [1.54, 1.807) is 0 Å². The first-order chi connectivity index (χ1) is 14.1. The Morgan fingerprint density at radius 3 is 2.38 bits per heavy atom. The summed E-state index contributed by atoms with van der Waals surface area (Å²) in [6, 6.07) is 13.8. The maximum absolute atomic E-state index is 13.0. The summed E-state index contributed by atoms with van der Waals surface area (Å²) in [6.07, 6.45) is 7.08. The van der Waals surface area contributed by atoms with E-state index in [0.717, 1.165) is 59.0 Å². The molecule has 0 spiro atoms. The summed E-state index contributed by atoms with van der Waals surface area (Å²) in [5.41, 5.74) is 1.73. The number of benzene rings is 2. The van der Waals surface area contributed by atoms with Crippen molar-refractivity contribution in [3.05, 3.63) is 42.5 Å². The molecule has 4 nitrogen and oxygen atoms in total. The number of furan rings is 1. The number of hydrogen-bond acceptors (Lipinski definition) is 3. The molecule has 7 rings (SSSR count). The molecule has 2 aromatic carbocycles. The van der Waals surface area contributed by atoms with Gasteiger partial charge < -0.3 is 14.5 Å². The van der Waals surface area contributed by atoms with Crippen LogP contribution in [0.25, 0.3) is 21.9 Å². The zero-order chi connectivity index (χ0) is 19.6. The Morgan fingerprint density at radius 2 is 1.66 bits per heavy atom. The minimum Gasteiger partial charge on any atom is -0.481 e. The van der Waals surface area contributed by atoms with E-state index < -0.39 is 6.10 Å². The van der Waals surface area contributed by atoms with Crippen molar-refractivity contribution in [1.82, 2.24) is 5.32 Å². The summed E-state index contributed by atoms with van der Waals surface area (Å²) in [4.78, 5) is 13.0. The average Bonchev–Trinajstić information content (AvgIpc) is 3.04. The summed E-state index contributed by atoms with van der Waals surface area (Å²) in [5, 5.41) is 5.51. The maximum Gasteiger partial charge on any atom is 0.261 e. The van der Waals surface area contributed by atoms with Gasteiger partial charge >= 0.3 is 0 Å². The minimum absolute atomic E-state index is 0.0177. The molecule has 0 aliphatic heterocycles. The molecule has 1 N–H and O–H groups in total. The second kappa shape index (κ2) is 6.25. The molecule has 0 unspecified atom stereocenters. The first-order valence-corrected chi connectivity index (χ1v) is 11.0. The smallest absolute Gasteiger partial charge is 0.261 e. The van der Waals surface area contributed by atoms with E-state index >= 15 is 0 Å². The number of nitrogens with one attached hydrogen (secondary N) is 1. The Hall–Kier alpha value is -2.49. The minimum atomic E-state index is -0.515. The maximum atomic E-state index is 13.0. The van der Waals surface area contributed by atoms with Crippen molar-refractivity contribution < 1.29 is 13.9 Å². The zero-order valence-electron chi connectivity index (χ0n) is 16.8. The van der Waals surface area contributed by atoms with Gasteiger partial charge in [0.25, 0.3) is 5.91 Å². The SMILES string of the molecule is C[C@@H](Oc1ccc2oc3ccccc3c2c1)C(=O)NC12CC3CC(CC(C3)C1)C2. The second-order valence-corrected chi connectivity index (χ2v) is 9.70. The van der Waals surface area contributed by atoms with Crippen LogP contribution in [0.2, 0.25) is 0 Å². The Morgan fingerprint density at radius 1 is 1.00 bits per heavy atom. The van der Waals surface area contributed by atoms with Crippen molar-refractivity contribution in [2.45, 2.75) is 57.1 Å². The third-order valence-corrected chi connectivity index (χ3v) is 7.46. The number of ether oxygens (including phenoxy) is 1. The molecule has 0 radical (unpaired) electrons. The van der Waals surface area contributed by atoms with Crippen LogP contribution in [0.1, 0.15) is 45.4 Å². The van der Waals surface area contributed by atoms with Crippen LogP contribution in [0.15, 0.2) is 46.9 Å². The van der Waals surface area contributed by atoms with Gasteiger partial charge in [-0.3, -0.25) is 4.79 Å². The van der Waals surface area contributed by atoms with E-state index in [0.29, 0.717) is 5.75 Å². The van der Waals surface area contributed by atoms with Crippen molar-refractivity contribution in [2.75, 3.05) is 0 Å². The van der Waals surface area contributed by atoms with Gasteiger partial charge in [-0.25, -0.2) is 0 Å². The van der Waals surface area contributed by atoms with Gasteiger partial charge in [0.2, 0.25) is 0 Å². The van der Waals surface area contributed by atoms with Crippen molar-refractivity contribution in [3.63, 3.8) is 0 Å². The molecular formula is C25H27NO3. The van der Waals surface area contributed by atoms with E-state index in [-0.39, 0.29) is 11.4 Å². The van der Waals surface area contributed by atoms with Gasteiger partial charge in [-0.15, -0.1) is 0 Å². The van der Waals surface area contributed by atoms with Crippen LogP contribution in [0.3, 0.4) is 0 Å². The van der Waals surface area contributed by atoms with Gasteiger partial charge in [-0.2, -0.15) is 0 Å². The number of fused-ring (bicyclic) bond motifs is 3. The van der Waals surface area contributed by atoms with Crippen molar-refractivity contribution in [2.24, 2.45) is 17.8 Å². The molecule has 4 heteroatoms. The second-order valence-electron chi connectivity index (χ2n) is 9.70. The number of carbonyl (C=O) groups excluding carboxylic acids is 1. The number of amides is 1. The topological polar surface area (TPSA) is 51.5 Å². The summed E-state index contributed by atoms with van der Waals surface area (Å²) < 4.78 is 11.9. The molecule has 1 atom stereocenters. The first kappa shape index (κ1) is 17.4. The number of rotatable bonds is 4. The lowest BCUT2D eigenvalue weighted by molar-refractivity contribution is -0.133. The van der Waals surface area contributed by atoms with E-state index in [1.165, 1.54) is 19.3 Å². The van der Waals surface area contributed by atoms with Crippen LogP contribution in [0, 0.1) is 17.8 Å². The largest absolute Gasteiger partial charge is 0.481 e. The molecule has 150 valence electrons. The fourth-order valence-electron chi connectivity index (χ4n) is 6.66. The van der Waals surface area contributed by atoms with Gasteiger partial charge in [0.15, 0.2) is 6.10 Å². The fraction of sp³-hybridized carbons (Fsp3) is 0.480. The van der Waals surface area contributed by atoms with Crippen molar-refractivity contribution in [3.8, 4) is 5.75 Å². The van der Waals surface area contributed by atoms with Crippen LogP contribution < -0.4 is 10.1 Å². The van der Waals surface area contributed by atoms with Gasteiger partial charge in [0, 0.05) is 16.3 Å². The van der Waals surface area contributed by atoms with Crippen molar-refractivity contribution in [1.29, 1.82) is 0 Å². The highest BCUT2D eigenvalue weighted by molar-refractivity contribution is 6.05. The Balaban J connectivity index is 1.20.